The lowest BCUT2D eigenvalue weighted by Gasteiger charge is -2.12. The predicted octanol–water partition coefficient (Wildman–Crippen LogP) is 20.9. The van der Waals surface area contributed by atoms with Crippen molar-refractivity contribution >= 4 is 87.2 Å². The molecule has 0 bridgehead atoms. The molecule has 13 heteroatoms. The molecule has 0 saturated carbocycles. The predicted molar refractivity (Wildman–Crippen MR) is 411 cm³/mol. The summed E-state index contributed by atoms with van der Waals surface area (Å²) < 4.78 is 0. The highest BCUT2D eigenvalue weighted by molar-refractivity contribution is 6.22. The van der Waals surface area contributed by atoms with Crippen molar-refractivity contribution in [1.29, 1.82) is 0 Å². The van der Waals surface area contributed by atoms with E-state index in [2.05, 4.69) is 180 Å². The monoisotopic (exact) mass is 1310 g/mol. The van der Waals surface area contributed by atoms with Gasteiger partial charge in [-0.15, -0.1) is 20.4 Å². The van der Waals surface area contributed by atoms with Crippen LogP contribution in [0.15, 0.2) is 334 Å². The van der Waals surface area contributed by atoms with Gasteiger partial charge in [-0.2, -0.15) is 9.59 Å². The maximum Gasteiger partial charge on any atom is 0.122 e. The number of fused-ring (bicyclic) bond motifs is 13. The van der Waals surface area contributed by atoms with E-state index in [4.69, 9.17) is 45.3 Å². The molecule has 9 aromatic heterocycles. The van der Waals surface area contributed by atoms with Gasteiger partial charge in [0.2, 0.25) is 0 Å². The first-order valence-corrected chi connectivity index (χ1v) is 33.7. The average molecular weight is 1310 g/mol. The maximum atomic E-state index is 5.30. The number of benzene rings is 11. The Balaban J connectivity index is 0.000000142. The number of pyridine rings is 7. The zero-order chi connectivity index (χ0) is 67.5. The molecule has 13 nitrogen and oxygen atoms in total. The summed E-state index contributed by atoms with van der Waals surface area (Å²) >= 11 is 0. The molecule has 9 heterocycles. The van der Waals surface area contributed by atoms with Crippen LogP contribution in [0.2, 0.25) is 0 Å². The highest BCUT2D eigenvalue weighted by Gasteiger charge is 2.21. The third kappa shape index (κ3) is 10.8. The van der Waals surface area contributed by atoms with E-state index < -0.39 is 0 Å². The van der Waals surface area contributed by atoms with E-state index in [0.717, 1.165) is 189 Å². The summed E-state index contributed by atoms with van der Waals surface area (Å²) in [5.74, 6) is 0. The van der Waals surface area contributed by atoms with Gasteiger partial charge in [-0.05, 0) is 131 Å². The molecule has 20 rings (SSSR count). The summed E-state index contributed by atoms with van der Waals surface area (Å²) in [7, 11) is 0. The second-order valence-electron chi connectivity index (χ2n) is 25.1. The molecule has 11 aromatic carbocycles. The van der Waals surface area contributed by atoms with Crippen molar-refractivity contribution in [3.05, 3.63) is 334 Å². The Kier molecular flexibility index (Phi) is 14.5. The molecule has 20 aromatic rings. The fraction of sp³-hybridized carbons (Fsp3) is 0. The molecule has 0 amide bonds. The van der Waals surface area contributed by atoms with Crippen LogP contribution in [0.4, 0.5) is 0 Å². The van der Waals surface area contributed by atoms with Crippen LogP contribution >= 0.6 is 0 Å². The van der Waals surface area contributed by atoms with Crippen LogP contribution in [0.5, 0.6) is 0 Å². The summed E-state index contributed by atoms with van der Waals surface area (Å²) in [4.78, 5) is 38.4. The number of hydrogen-bond donors (Lipinski definition) is 0. The van der Waals surface area contributed by atoms with Crippen LogP contribution in [0.25, 0.3) is 189 Å². The summed E-state index contributed by atoms with van der Waals surface area (Å²) in [6.45, 7) is 0. The van der Waals surface area contributed by atoms with Crippen molar-refractivity contribution in [3.8, 4) is 101 Å². The van der Waals surface area contributed by atoms with Gasteiger partial charge in [-0.1, -0.05) is 212 Å². The van der Waals surface area contributed by atoms with Gasteiger partial charge in [0.25, 0.3) is 0 Å². The van der Waals surface area contributed by atoms with Gasteiger partial charge < -0.3 is 0 Å². The second-order valence-corrected chi connectivity index (χ2v) is 25.1. The van der Waals surface area contributed by atoms with E-state index >= 15 is 0 Å². The Labute approximate surface area is 584 Å². The molecule has 102 heavy (non-hydrogen) atoms. The first-order chi connectivity index (χ1) is 50.5. The first-order valence-electron chi connectivity index (χ1n) is 33.7. The molecule has 0 N–H and O–H groups in total. The number of aromatic nitrogens is 13. The van der Waals surface area contributed by atoms with Crippen LogP contribution in [0.1, 0.15) is 0 Å². The van der Waals surface area contributed by atoms with Gasteiger partial charge in [-0.3, -0.25) is 9.97 Å². The van der Waals surface area contributed by atoms with Crippen LogP contribution in [-0.4, -0.2) is 64.9 Å². The number of para-hydroxylation sites is 2. The highest BCUT2D eigenvalue weighted by atomic mass is 15.5. The van der Waals surface area contributed by atoms with Crippen molar-refractivity contribution in [1.82, 2.24) is 64.9 Å². The maximum absolute atomic E-state index is 5.30. The molecule has 476 valence electrons. The summed E-state index contributed by atoms with van der Waals surface area (Å²) in [6.07, 6.45) is 3.58. The quantitative estimate of drug-likeness (QED) is 0.120. The Hall–Kier alpha value is -14.2. The smallest absolute Gasteiger partial charge is 0.122 e. The van der Waals surface area contributed by atoms with Crippen molar-refractivity contribution in [2.24, 2.45) is 0 Å². The molecule has 0 fully saturated rings. The molecule has 0 aliphatic heterocycles. The Bertz CT molecular complexity index is 6520. The van der Waals surface area contributed by atoms with E-state index in [-0.39, 0.29) is 0 Å². The van der Waals surface area contributed by atoms with E-state index in [9.17, 15) is 0 Å². The third-order valence-electron chi connectivity index (χ3n) is 18.8. The van der Waals surface area contributed by atoms with Crippen molar-refractivity contribution in [2.45, 2.75) is 0 Å². The minimum Gasteiger partial charge on any atom is -0.255 e. The molecule has 0 radical (unpaired) electrons. The zero-order valence-electron chi connectivity index (χ0n) is 54.6. The number of rotatable bonds is 10. The molecule has 0 atom stereocenters. The normalized spacial score (nSPS) is 11.5. The Morgan fingerprint density at radius 1 is 0.206 bits per heavy atom. The van der Waals surface area contributed by atoms with Crippen molar-refractivity contribution in [2.75, 3.05) is 0 Å². The molecule has 0 spiro atoms. The molecular formula is C89H55N13. The van der Waals surface area contributed by atoms with Gasteiger partial charge in [0.15, 0.2) is 0 Å². The van der Waals surface area contributed by atoms with E-state index in [1.807, 2.05) is 152 Å². The van der Waals surface area contributed by atoms with Crippen molar-refractivity contribution < 1.29 is 0 Å². The van der Waals surface area contributed by atoms with Gasteiger partial charge in [-0.25, -0.2) is 24.9 Å². The van der Waals surface area contributed by atoms with Crippen LogP contribution < -0.4 is 0 Å². The van der Waals surface area contributed by atoms with Crippen LogP contribution in [0.3, 0.4) is 0 Å². The lowest BCUT2D eigenvalue weighted by Crippen LogP contribution is -1.97. The SMILES string of the molecule is c1ccc(-c2ccc3ccc4ccc(-c5ccc6c(c5)nc(-c5ccccc5)c5ccc7nn(-c8ccccc8)nc7c56)nc4c3n2)cc1.c1ccc(-c2nc3cc(-c4ccc(-c5cc(-c6ccccn6)nc(-c6ccccn6)c5)cc4)ccc3c3c2ccc2nn(-c4ccccc4)nc23)cc1. The van der Waals surface area contributed by atoms with Gasteiger partial charge in [0.05, 0.1) is 79.0 Å². The second kappa shape index (κ2) is 25.0. The van der Waals surface area contributed by atoms with E-state index in [1.165, 1.54) is 0 Å². The summed E-state index contributed by atoms with van der Waals surface area (Å²) in [6, 6.07) is 110. The number of nitrogens with zero attached hydrogens (tertiary/aromatic N) is 13. The Morgan fingerprint density at radius 2 is 0.598 bits per heavy atom. The largest absolute Gasteiger partial charge is 0.255 e. The van der Waals surface area contributed by atoms with E-state index in [0.29, 0.717) is 0 Å². The number of hydrogen-bond acceptors (Lipinski definition) is 11. The minimum absolute atomic E-state index is 0.799. The van der Waals surface area contributed by atoms with Gasteiger partial charge in [0.1, 0.15) is 22.1 Å². The molecule has 0 aliphatic rings. The first kappa shape index (κ1) is 59.1. The lowest BCUT2D eigenvalue weighted by molar-refractivity contribution is 0.766. The minimum atomic E-state index is 0.799. The lowest BCUT2D eigenvalue weighted by atomic mass is 9.95. The van der Waals surface area contributed by atoms with Crippen LogP contribution in [-0.2, 0) is 0 Å². The molecule has 0 unspecified atom stereocenters. The fourth-order valence-electron chi connectivity index (χ4n) is 13.8. The topological polar surface area (TPSA) is 152 Å². The molecule has 0 saturated heterocycles. The zero-order valence-corrected chi connectivity index (χ0v) is 54.6. The molecular weight excluding hydrogens is 1250 g/mol. The van der Waals surface area contributed by atoms with Gasteiger partial charge >= 0.3 is 0 Å². The summed E-state index contributed by atoms with van der Waals surface area (Å²) in [5, 5.41) is 28.1. The third-order valence-corrected chi connectivity index (χ3v) is 18.8. The summed E-state index contributed by atoms with van der Waals surface area (Å²) in [5.41, 5.74) is 24.0. The molecule has 0 aliphatic carbocycles. The van der Waals surface area contributed by atoms with E-state index in [1.54, 1.807) is 22.0 Å². The van der Waals surface area contributed by atoms with Crippen LogP contribution in [0, 0.1) is 0 Å². The standard InChI is InChI=1S/C46H29N7.C43H26N6/c1-3-11-32(12-4-1)45-37-23-24-40-46(52-53(51-40)35-13-5-2-6-14-35)44(37)36-22-21-33(27-41(36)50-45)30-17-19-31(20-18-30)34-28-42(38-15-7-9-25-47-38)49-43(29-34)39-16-8-10-26-48-39;1-4-10-27(11-5-1)35-23-19-29-16-17-30-20-24-36(45-42(30)41(29)44-35)31-18-21-33-38(26-31)46-40(28-12-6-2-7-13-28)34-22-25-37-43(39(33)34)48-49(47-37)32-14-8-3-9-15-32/h1-29H;1-26H. The van der Waals surface area contributed by atoms with Gasteiger partial charge in [0, 0.05) is 77.7 Å². The fourth-order valence-corrected chi connectivity index (χ4v) is 13.8. The van der Waals surface area contributed by atoms with Crippen molar-refractivity contribution in [3.63, 3.8) is 0 Å². The highest BCUT2D eigenvalue weighted by Crippen LogP contribution is 2.41. The Morgan fingerprint density at radius 3 is 1.07 bits per heavy atom. The average Bonchev–Trinajstić information content (AvgIpc) is 1.37.